The maximum Gasteiger partial charge on any atom is 0.123 e. The van der Waals surface area contributed by atoms with E-state index in [1.165, 1.54) is 5.56 Å². The Labute approximate surface area is 86.3 Å². The van der Waals surface area contributed by atoms with Gasteiger partial charge in [-0.05, 0) is 13.0 Å². The molecule has 0 unspecified atom stereocenters. The molecule has 1 aromatic carbocycles. The first kappa shape index (κ1) is 11.1. The van der Waals surface area contributed by atoms with Crippen LogP contribution in [0.4, 0.5) is 0 Å². The average molecular weight is 193 g/mol. The van der Waals surface area contributed by atoms with Crippen molar-refractivity contribution in [1.29, 1.82) is 0 Å². The number of ether oxygens (including phenoxy) is 1. The van der Waals surface area contributed by atoms with Crippen molar-refractivity contribution in [1.82, 2.24) is 5.32 Å². The van der Waals surface area contributed by atoms with Crippen LogP contribution in [0.15, 0.2) is 24.3 Å². The zero-order valence-corrected chi connectivity index (χ0v) is 9.37. The van der Waals surface area contributed by atoms with E-state index < -0.39 is 0 Å². The van der Waals surface area contributed by atoms with Crippen molar-refractivity contribution < 1.29 is 4.74 Å². The van der Waals surface area contributed by atoms with Crippen molar-refractivity contribution >= 4 is 0 Å². The standard InChI is InChI=1S/C12H19NO/c1-9(2)13-10(3)11-7-5-6-8-12(11)14-4/h5-10,13H,1-4H3/t10-/m1/s1. The molecule has 0 fully saturated rings. The third kappa shape index (κ3) is 2.74. The molecule has 78 valence electrons. The molecule has 1 atom stereocenters. The lowest BCUT2D eigenvalue weighted by Crippen LogP contribution is -2.26. The van der Waals surface area contributed by atoms with E-state index in [1.807, 2.05) is 18.2 Å². The Hall–Kier alpha value is -1.02. The van der Waals surface area contributed by atoms with E-state index in [4.69, 9.17) is 4.74 Å². The fourth-order valence-electron chi connectivity index (χ4n) is 1.61. The summed E-state index contributed by atoms with van der Waals surface area (Å²) in [6.45, 7) is 6.44. The molecule has 1 aromatic rings. The van der Waals surface area contributed by atoms with Crippen molar-refractivity contribution in [2.45, 2.75) is 32.9 Å². The molecule has 0 aliphatic heterocycles. The molecule has 0 radical (unpaired) electrons. The fraction of sp³-hybridized carbons (Fsp3) is 0.500. The number of benzene rings is 1. The predicted octanol–water partition coefficient (Wildman–Crippen LogP) is 2.75. The summed E-state index contributed by atoms with van der Waals surface area (Å²) in [4.78, 5) is 0. The Bertz CT molecular complexity index is 283. The molecule has 0 heterocycles. The van der Waals surface area contributed by atoms with Gasteiger partial charge in [-0.1, -0.05) is 32.0 Å². The van der Waals surface area contributed by atoms with E-state index in [0.29, 0.717) is 12.1 Å². The second kappa shape index (κ2) is 5.01. The van der Waals surface area contributed by atoms with Gasteiger partial charge in [-0.25, -0.2) is 0 Å². The molecule has 0 bridgehead atoms. The fourth-order valence-corrected chi connectivity index (χ4v) is 1.61. The number of hydrogen-bond acceptors (Lipinski definition) is 2. The van der Waals surface area contributed by atoms with Gasteiger partial charge in [0.25, 0.3) is 0 Å². The molecule has 0 saturated heterocycles. The molecular formula is C12H19NO. The first-order valence-corrected chi connectivity index (χ1v) is 5.04. The Morgan fingerprint density at radius 3 is 2.36 bits per heavy atom. The van der Waals surface area contributed by atoms with Gasteiger partial charge in [-0.3, -0.25) is 0 Å². The normalized spacial score (nSPS) is 12.9. The van der Waals surface area contributed by atoms with Gasteiger partial charge in [0.15, 0.2) is 0 Å². The van der Waals surface area contributed by atoms with Gasteiger partial charge in [-0.2, -0.15) is 0 Å². The number of nitrogens with one attached hydrogen (secondary N) is 1. The summed E-state index contributed by atoms with van der Waals surface area (Å²) in [6.07, 6.45) is 0. The first-order valence-electron chi connectivity index (χ1n) is 5.04. The Kier molecular flexibility index (Phi) is 3.96. The second-order valence-electron chi connectivity index (χ2n) is 3.79. The van der Waals surface area contributed by atoms with Crippen LogP contribution < -0.4 is 10.1 Å². The van der Waals surface area contributed by atoms with Gasteiger partial charge in [0, 0.05) is 17.6 Å². The van der Waals surface area contributed by atoms with E-state index in [0.717, 1.165) is 5.75 Å². The van der Waals surface area contributed by atoms with E-state index >= 15 is 0 Å². The smallest absolute Gasteiger partial charge is 0.123 e. The minimum atomic E-state index is 0.325. The van der Waals surface area contributed by atoms with Crippen LogP contribution in [-0.2, 0) is 0 Å². The summed E-state index contributed by atoms with van der Waals surface area (Å²) >= 11 is 0. The second-order valence-corrected chi connectivity index (χ2v) is 3.79. The lowest BCUT2D eigenvalue weighted by molar-refractivity contribution is 0.398. The predicted molar refractivity (Wildman–Crippen MR) is 59.7 cm³/mol. The van der Waals surface area contributed by atoms with Crippen molar-refractivity contribution in [3.8, 4) is 5.75 Å². The van der Waals surface area contributed by atoms with Gasteiger partial charge in [0.05, 0.1) is 7.11 Å². The van der Waals surface area contributed by atoms with Gasteiger partial charge in [0.1, 0.15) is 5.75 Å². The minimum Gasteiger partial charge on any atom is -0.496 e. The lowest BCUT2D eigenvalue weighted by atomic mass is 10.1. The number of rotatable bonds is 4. The summed E-state index contributed by atoms with van der Waals surface area (Å²) in [5, 5.41) is 3.45. The first-order chi connectivity index (χ1) is 6.65. The molecule has 2 heteroatoms. The molecule has 1 N–H and O–H groups in total. The maximum absolute atomic E-state index is 5.31. The minimum absolute atomic E-state index is 0.325. The third-order valence-corrected chi connectivity index (χ3v) is 2.19. The SMILES string of the molecule is COc1ccccc1[C@@H](C)NC(C)C. The highest BCUT2D eigenvalue weighted by atomic mass is 16.5. The molecular weight excluding hydrogens is 174 g/mol. The molecule has 14 heavy (non-hydrogen) atoms. The van der Waals surface area contributed by atoms with Crippen molar-refractivity contribution in [3.05, 3.63) is 29.8 Å². The monoisotopic (exact) mass is 193 g/mol. The van der Waals surface area contributed by atoms with Gasteiger partial charge in [0.2, 0.25) is 0 Å². The number of para-hydroxylation sites is 1. The highest BCUT2D eigenvalue weighted by molar-refractivity contribution is 5.35. The zero-order chi connectivity index (χ0) is 10.6. The highest BCUT2D eigenvalue weighted by Gasteiger charge is 2.10. The number of hydrogen-bond donors (Lipinski definition) is 1. The van der Waals surface area contributed by atoms with Crippen LogP contribution in [0.25, 0.3) is 0 Å². The highest BCUT2D eigenvalue weighted by Crippen LogP contribution is 2.24. The summed E-state index contributed by atoms with van der Waals surface area (Å²) in [5.41, 5.74) is 1.21. The van der Waals surface area contributed by atoms with E-state index in [1.54, 1.807) is 7.11 Å². The van der Waals surface area contributed by atoms with Crippen LogP contribution in [-0.4, -0.2) is 13.2 Å². The molecule has 0 spiro atoms. The Balaban J connectivity index is 2.82. The Morgan fingerprint density at radius 2 is 1.79 bits per heavy atom. The molecule has 0 amide bonds. The summed E-state index contributed by atoms with van der Waals surface area (Å²) in [5.74, 6) is 0.952. The molecule has 0 aromatic heterocycles. The van der Waals surface area contributed by atoms with E-state index in [9.17, 15) is 0 Å². The third-order valence-electron chi connectivity index (χ3n) is 2.19. The largest absolute Gasteiger partial charge is 0.496 e. The van der Waals surface area contributed by atoms with Crippen LogP contribution in [0.2, 0.25) is 0 Å². The quantitative estimate of drug-likeness (QED) is 0.794. The topological polar surface area (TPSA) is 21.3 Å². The van der Waals surface area contributed by atoms with Crippen molar-refractivity contribution in [2.75, 3.05) is 7.11 Å². The molecule has 0 aliphatic rings. The van der Waals surface area contributed by atoms with Crippen LogP contribution in [0, 0.1) is 0 Å². The van der Waals surface area contributed by atoms with Crippen molar-refractivity contribution in [3.63, 3.8) is 0 Å². The van der Waals surface area contributed by atoms with Crippen molar-refractivity contribution in [2.24, 2.45) is 0 Å². The lowest BCUT2D eigenvalue weighted by Gasteiger charge is -2.19. The summed E-state index contributed by atoms with van der Waals surface area (Å²) in [7, 11) is 1.71. The van der Waals surface area contributed by atoms with E-state index in [-0.39, 0.29) is 0 Å². The molecule has 0 saturated carbocycles. The zero-order valence-electron chi connectivity index (χ0n) is 9.37. The molecule has 2 nitrogen and oxygen atoms in total. The van der Waals surface area contributed by atoms with Crippen LogP contribution in [0.1, 0.15) is 32.4 Å². The molecule has 1 rings (SSSR count). The number of methoxy groups -OCH3 is 1. The molecule has 0 aliphatic carbocycles. The van der Waals surface area contributed by atoms with Crippen LogP contribution in [0.5, 0.6) is 5.75 Å². The Morgan fingerprint density at radius 1 is 1.14 bits per heavy atom. The average Bonchev–Trinajstić information content (AvgIpc) is 2.16. The van der Waals surface area contributed by atoms with Gasteiger partial charge in [-0.15, -0.1) is 0 Å². The van der Waals surface area contributed by atoms with Crippen LogP contribution >= 0.6 is 0 Å². The summed E-state index contributed by atoms with van der Waals surface area (Å²) < 4.78 is 5.31. The van der Waals surface area contributed by atoms with Gasteiger partial charge >= 0.3 is 0 Å². The van der Waals surface area contributed by atoms with E-state index in [2.05, 4.69) is 32.2 Å². The van der Waals surface area contributed by atoms with Gasteiger partial charge < -0.3 is 10.1 Å². The van der Waals surface area contributed by atoms with Crippen LogP contribution in [0.3, 0.4) is 0 Å². The maximum atomic E-state index is 5.31. The summed E-state index contributed by atoms with van der Waals surface area (Å²) in [6, 6.07) is 8.93.